The van der Waals surface area contributed by atoms with Crippen LogP contribution >= 0.6 is 11.8 Å². The van der Waals surface area contributed by atoms with Gasteiger partial charge in [0.1, 0.15) is 0 Å². The maximum Gasteiger partial charge on any atom is 0.0586 e. The van der Waals surface area contributed by atoms with Gasteiger partial charge < -0.3 is 5.11 Å². The van der Waals surface area contributed by atoms with Crippen molar-refractivity contribution in [2.75, 3.05) is 19.7 Å². The minimum Gasteiger partial charge on any atom is -0.395 e. The summed E-state index contributed by atoms with van der Waals surface area (Å²) in [5.41, 5.74) is 1.50. The summed E-state index contributed by atoms with van der Waals surface area (Å²) in [6.07, 6.45) is 3.60. The molecule has 2 nitrogen and oxygen atoms in total. The molecule has 0 amide bonds. The minimum absolute atomic E-state index is 0.324. The molecular weight excluding hydrogens is 230 g/mol. The highest BCUT2D eigenvalue weighted by Gasteiger charge is 2.29. The van der Waals surface area contributed by atoms with Crippen molar-refractivity contribution in [1.82, 2.24) is 4.90 Å². The normalized spacial score (nSPS) is 28.5. The summed E-state index contributed by atoms with van der Waals surface area (Å²) < 4.78 is 0. The molecule has 1 N–H and O–H groups in total. The standard InChI is InChI=1S/C14H19NOS/c16-10-12-5-3-7-15(12)9-13-8-11-4-1-2-6-14(11)17-13/h1-2,4,6,12-13,16H,3,5,7-10H2. The van der Waals surface area contributed by atoms with Gasteiger partial charge in [0.2, 0.25) is 0 Å². The molecule has 2 unspecified atom stereocenters. The van der Waals surface area contributed by atoms with Crippen LogP contribution in [0, 0.1) is 0 Å². The van der Waals surface area contributed by atoms with Crippen LogP contribution in [0.5, 0.6) is 0 Å². The minimum atomic E-state index is 0.324. The Morgan fingerprint density at radius 1 is 1.35 bits per heavy atom. The molecule has 1 aromatic rings. The smallest absolute Gasteiger partial charge is 0.0586 e. The van der Waals surface area contributed by atoms with Gasteiger partial charge in [-0.25, -0.2) is 0 Å². The van der Waals surface area contributed by atoms with Crippen molar-refractivity contribution >= 4 is 11.8 Å². The molecule has 1 saturated heterocycles. The Morgan fingerprint density at radius 3 is 3.06 bits per heavy atom. The molecule has 2 heterocycles. The summed E-state index contributed by atoms with van der Waals surface area (Å²) >= 11 is 2.01. The maximum absolute atomic E-state index is 9.34. The third kappa shape index (κ3) is 2.37. The number of aliphatic hydroxyl groups is 1. The molecule has 2 atom stereocenters. The van der Waals surface area contributed by atoms with Crippen molar-refractivity contribution in [2.45, 2.75) is 35.4 Å². The van der Waals surface area contributed by atoms with Crippen molar-refractivity contribution in [1.29, 1.82) is 0 Å². The summed E-state index contributed by atoms with van der Waals surface area (Å²) in [6, 6.07) is 9.15. The lowest BCUT2D eigenvalue weighted by molar-refractivity contribution is 0.159. The van der Waals surface area contributed by atoms with Crippen molar-refractivity contribution in [3.05, 3.63) is 29.8 Å². The van der Waals surface area contributed by atoms with Crippen LogP contribution in [0.25, 0.3) is 0 Å². The zero-order chi connectivity index (χ0) is 11.7. The number of hydrogen-bond acceptors (Lipinski definition) is 3. The molecule has 3 heteroatoms. The summed E-state index contributed by atoms with van der Waals surface area (Å²) in [4.78, 5) is 3.93. The molecule has 1 aromatic carbocycles. The Morgan fingerprint density at radius 2 is 2.24 bits per heavy atom. The first-order valence-corrected chi connectivity index (χ1v) is 7.34. The van der Waals surface area contributed by atoms with Gasteiger partial charge in [-0.3, -0.25) is 4.90 Å². The average Bonchev–Trinajstić information content (AvgIpc) is 2.94. The lowest BCUT2D eigenvalue weighted by Crippen LogP contribution is -2.37. The van der Waals surface area contributed by atoms with Crippen molar-refractivity contribution in [3.8, 4) is 0 Å². The molecule has 0 bridgehead atoms. The lowest BCUT2D eigenvalue weighted by Gasteiger charge is -2.25. The quantitative estimate of drug-likeness (QED) is 0.888. The zero-order valence-electron chi connectivity index (χ0n) is 10.0. The van der Waals surface area contributed by atoms with Crippen LogP contribution in [0.15, 0.2) is 29.2 Å². The fourth-order valence-corrected chi connectivity index (χ4v) is 4.31. The second kappa shape index (κ2) is 5.01. The summed E-state index contributed by atoms with van der Waals surface area (Å²) in [7, 11) is 0. The summed E-state index contributed by atoms with van der Waals surface area (Å²) in [5.74, 6) is 0. The van der Waals surface area contributed by atoms with E-state index in [9.17, 15) is 5.11 Å². The third-order valence-electron chi connectivity index (χ3n) is 3.86. The van der Waals surface area contributed by atoms with E-state index in [1.807, 2.05) is 11.8 Å². The van der Waals surface area contributed by atoms with E-state index in [2.05, 4.69) is 29.2 Å². The van der Waals surface area contributed by atoms with E-state index in [1.165, 1.54) is 36.3 Å². The summed E-state index contributed by atoms with van der Waals surface area (Å²) in [5, 5.41) is 10.0. The lowest BCUT2D eigenvalue weighted by atomic mass is 10.1. The van der Waals surface area contributed by atoms with E-state index in [0.717, 1.165) is 6.54 Å². The molecule has 0 radical (unpaired) electrons. The van der Waals surface area contributed by atoms with Crippen LogP contribution in [0.3, 0.4) is 0 Å². The zero-order valence-corrected chi connectivity index (χ0v) is 10.8. The second-order valence-electron chi connectivity index (χ2n) is 5.03. The van der Waals surface area contributed by atoms with Crippen LogP contribution in [0.4, 0.5) is 0 Å². The number of rotatable bonds is 3. The van der Waals surface area contributed by atoms with E-state index in [1.54, 1.807) is 0 Å². The second-order valence-corrected chi connectivity index (χ2v) is 6.37. The molecule has 0 aliphatic carbocycles. The van der Waals surface area contributed by atoms with Gasteiger partial charge in [-0.05, 0) is 37.4 Å². The number of benzene rings is 1. The largest absolute Gasteiger partial charge is 0.395 e. The first-order valence-electron chi connectivity index (χ1n) is 6.46. The Balaban J connectivity index is 1.62. The topological polar surface area (TPSA) is 23.5 Å². The Labute approximate surface area is 107 Å². The highest BCUT2D eigenvalue weighted by molar-refractivity contribution is 8.00. The van der Waals surface area contributed by atoms with Crippen LogP contribution in [-0.2, 0) is 6.42 Å². The number of thioether (sulfide) groups is 1. The molecular formula is C14H19NOS. The van der Waals surface area contributed by atoms with Crippen LogP contribution in [-0.4, -0.2) is 41.0 Å². The van der Waals surface area contributed by atoms with Crippen LogP contribution in [0.1, 0.15) is 18.4 Å². The van der Waals surface area contributed by atoms with Gasteiger partial charge in [0, 0.05) is 22.7 Å². The molecule has 17 heavy (non-hydrogen) atoms. The van der Waals surface area contributed by atoms with E-state index < -0.39 is 0 Å². The van der Waals surface area contributed by atoms with Crippen LogP contribution in [0.2, 0.25) is 0 Å². The monoisotopic (exact) mass is 249 g/mol. The number of nitrogens with zero attached hydrogens (tertiary/aromatic N) is 1. The van der Waals surface area contributed by atoms with Crippen LogP contribution < -0.4 is 0 Å². The third-order valence-corrected chi connectivity index (χ3v) is 5.16. The van der Waals surface area contributed by atoms with Crippen molar-refractivity contribution in [2.24, 2.45) is 0 Å². The number of fused-ring (bicyclic) bond motifs is 1. The Bertz CT molecular complexity index is 371. The molecule has 3 rings (SSSR count). The first-order chi connectivity index (χ1) is 8.36. The van der Waals surface area contributed by atoms with Gasteiger partial charge in [-0.1, -0.05) is 18.2 Å². The van der Waals surface area contributed by atoms with E-state index in [-0.39, 0.29) is 0 Å². The van der Waals surface area contributed by atoms with E-state index >= 15 is 0 Å². The molecule has 2 aliphatic heterocycles. The summed E-state index contributed by atoms with van der Waals surface area (Å²) in [6.45, 7) is 2.62. The fraction of sp³-hybridized carbons (Fsp3) is 0.571. The highest BCUT2D eigenvalue weighted by Crippen LogP contribution is 2.37. The number of aliphatic hydroxyl groups excluding tert-OH is 1. The molecule has 92 valence electrons. The van der Waals surface area contributed by atoms with Gasteiger partial charge in [-0.15, -0.1) is 11.8 Å². The van der Waals surface area contributed by atoms with E-state index in [4.69, 9.17) is 0 Å². The van der Waals surface area contributed by atoms with Gasteiger partial charge in [-0.2, -0.15) is 0 Å². The Kier molecular flexibility index (Phi) is 3.41. The average molecular weight is 249 g/mol. The number of hydrogen-bond donors (Lipinski definition) is 1. The molecule has 0 aromatic heterocycles. The SMILES string of the molecule is OCC1CCCN1CC1Cc2ccccc2S1. The van der Waals surface area contributed by atoms with Gasteiger partial charge >= 0.3 is 0 Å². The molecule has 0 spiro atoms. The highest BCUT2D eigenvalue weighted by atomic mass is 32.2. The van der Waals surface area contributed by atoms with Crippen molar-refractivity contribution in [3.63, 3.8) is 0 Å². The molecule has 2 aliphatic rings. The predicted molar refractivity (Wildman–Crippen MR) is 71.5 cm³/mol. The Hall–Kier alpha value is -0.510. The fourth-order valence-electron chi connectivity index (χ4n) is 2.96. The molecule has 1 fully saturated rings. The molecule has 0 saturated carbocycles. The van der Waals surface area contributed by atoms with Gasteiger partial charge in [0.05, 0.1) is 6.61 Å². The van der Waals surface area contributed by atoms with E-state index in [0.29, 0.717) is 17.9 Å². The van der Waals surface area contributed by atoms with Gasteiger partial charge in [0.25, 0.3) is 0 Å². The van der Waals surface area contributed by atoms with Crippen molar-refractivity contribution < 1.29 is 5.11 Å². The predicted octanol–water partition coefficient (Wildman–Crippen LogP) is 2.16. The maximum atomic E-state index is 9.34. The number of likely N-dealkylation sites (tertiary alicyclic amines) is 1. The first kappa shape index (κ1) is 11.6. The van der Waals surface area contributed by atoms with Gasteiger partial charge in [0.15, 0.2) is 0 Å².